The Morgan fingerprint density at radius 2 is 1.94 bits per heavy atom. The number of aliphatic carboxylic acids is 1. The third-order valence-corrected chi connectivity index (χ3v) is 5.09. The zero-order chi connectivity index (χ0) is 22.4. The fraction of sp³-hybridized carbons (Fsp3) is 0.364. The highest BCUT2D eigenvalue weighted by molar-refractivity contribution is 6.30. The first-order chi connectivity index (χ1) is 14.8. The van der Waals surface area contributed by atoms with Gasteiger partial charge in [-0.1, -0.05) is 23.7 Å². The van der Waals surface area contributed by atoms with Crippen molar-refractivity contribution in [3.8, 4) is 11.5 Å². The molecule has 0 spiro atoms. The number of ether oxygens (including phenoxy) is 2. The molecule has 2 aromatic carbocycles. The van der Waals surface area contributed by atoms with E-state index in [1.54, 1.807) is 53.4 Å². The normalized spacial score (nSPS) is 19.6. The van der Waals surface area contributed by atoms with Crippen LogP contribution in [0.15, 0.2) is 48.5 Å². The minimum Gasteiger partial charge on any atom is -0.489 e. The minimum absolute atomic E-state index is 0.0534. The van der Waals surface area contributed by atoms with Crippen LogP contribution in [0.5, 0.6) is 11.5 Å². The van der Waals surface area contributed by atoms with Crippen molar-refractivity contribution < 1.29 is 29.3 Å². The van der Waals surface area contributed by atoms with Crippen LogP contribution < -0.4 is 14.8 Å². The number of anilines is 1. The Morgan fingerprint density at radius 1 is 1.23 bits per heavy atom. The van der Waals surface area contributed by atoms with Gasteiger partial charge in [-0.05, 0) is 36.4 Å². The van der Waals surface area contributed by atoms with Gasteiger partial charge in [-0.3, -0.25) is 14.5 Å². The monoisotopic (exact) mass is 448 g/mol. The Morgan fingerprint density at radius 3 is 2.61 bits per heavy atom. The smallest absolute Gasteiger partial charge is 0.321 e. The number of para-hydroxylation sites is 2. The van der Waals surface area contributed by atoms with Gasteiger partial charge in [0.2, 0.25) is 5.91 Å². The van der Waals surface area contributed by atoms with Gasteiger partial charge in [0.25, 0.3) is 0 Å². The molecule has 1 aliphatic rings. The van der Waals surface area contributed by atoms with E-state index in [1.807, 2.05) is 0 Å². The number of aliphatic hydroxyl groups excluding tert-OH is 1. The summed E-state index contributed by atoms with van der Waals surface area (Å²) in [5, 5.41) is 23.3. The van der Waals surface area contributed by atoms with E-state index in [-0.39, 0.29) is 25.2 Å². The number of carboxylic acid groups (broad SMARTS) is 1. The number of nitrogens with one attached hydrogen (secondary N) is 1. The molecule has 31 heavy (non-hydrogen) atoms. The Bertz CT molecular complexity index is 907. The van der Waals surface area contributed by atoms with Crippen LogP contribution in [0.3, 0.4) is 0 Å². The number of carboxylic acids is 1. The number of halogens is 1. The lowest BCUT2D eigenvalue weighted by atomic mass is 10.2. The number of likely N-dealkylation sites (tertiary alicyclic amines) is 1. The molecule has 0 aromatic heterocycles. The average Bonchev–Trinajstić information content (AvgIpc) is 3.11. The van der Waals surface area contributed by atoms with Gasteiger partial charge in [0.1, 0.15) is 36.4 Å². The van der Waals surface area contributed by atoms with Gasteiger partial charge in [0, 0.05) is 31.5 Å². The van der Waals surface area contributed by atoms with Gasteiger partial charge < -0.3 is 25.0 Å². The Kier molecular flexibility index (Phi) is 7.73. The molecule has 0 saturated carbocycles. The van der Waals surface area contributed by atoms with Gasteiger partial charge in [-0.2, -0.15) is 0 Å². The molecule has 1 saturated heterocycles. The van der Waals surface area contributed by atoms with E-state index < -0.39 is 18.1 Å². The van der Waals surface area contributed by atoms with Crippen molar-refractivity contribution in [2.24, 2.45) is 0 Å². The number of amides is 1. The first kappa shape index (κ1) is 22.9. The molecule has 2 aromatic rings. The zero-order valence-corrected chi connectivity index (χ0v) is 17.8. The molecule has 1 fully saturated rings. The first-order valence-corrected chi connectivity index (χ1v) is 10.3. The van der Waals surface area contributed by atoms with E-state index in [0.717, 1.165) is 0 Å². The number of benzene rings is 2. The number of hydrogen-bond acceptors (Lipinski definition) is 6. The Balaban J connectivity index is 1.56. The molecule has 0 bridgehead atoms. The molecular weight excluding hydrogens is 424 g/mol. The number of nitrogens with zero attached hydrogens (tertiary/aromatic N) is 1. The average molecular weight is 449 g/mol. The second kappa shape index (κ2) is 10.5. The van der Waals surface area contributed by atoms with Crippen LogP contribution in [-0.4, -0.2) is 64.9 Å². The zero-order valence-electron chi connectivity index (χ0n) is 17.0. The fourth-order valence-corrected chi connectivity index (χ4v) is 3.63. The van der Waals surface area contributed by atoms with Crippen molar-refractivity contribution in [1.82, 2.24) is 4.90 Å². The fourth-order valence-electron chi connectivity index (χ4n) is 3.51. The lowest BCUT2D eigenvalue weighted by molar-refractivity contribution is -0.142. The van der Waals surface area contributed by atoms with Crippen molar-refractivity contribution in [2.75, 3.05) is 25.0 Å². The highest BCUT2D eigenvalue weighted by Crippen LogP contribution is 2.26. The Hall–Kier alpha value is -2.81. The summed E-state index contributed by atoms with van der Waals surface area (Å²) >= 11 is 5.88. The van der Waals surface area contributed by atoms with Crippen LogP contribution in [0.1, 0.15) is 13.3 Å². The number of carbonyl (C=O) groups excluding carboxylic acids is 1. The second-order valence-corrected chi connectivity index (χ2v) is 7.82. The van der Waals surface area contributed by atoms with E-state index in [2.05, 4.69) is 5.32 Å². The number of β-amino-alcohol motifs (C(OH)–C–C–N with tert-alkyl or cyclic N) is 1. The summed E-state index contributed by atoms with van der Waals surface area (Å²) in [5.41, 5.74) is 0.503. The number of rotatable bonds is 9. The SMILES string of the molecule is CC(=O)Nc1ccccc1OCC(O)CN1CC(Oc2ccc(Cl)cc2)CC1C(=O)O. The lowest BCUT2D eigenvalue weighted by Gasteiger charge is -2.24. The summed E-state index contributed by atoms with van der Waals surface area (Å²) in [4.78, 5) is 24.7. The number of aliphatic hydroxyl groups is 1. The van der Waals surface area contributed by atoms with Crippen molar-refractivity contribution >= 4 is 29.2 Å². The highest BCUT2D eigenvalue weighted by atomic mass is 35.5. The van der Waals surface area contributed by atoms with Crippen LogP contribution in [0.4, 0.5) is 5.69 Å². The largest absolute Gasteiger partial charge is 0.489 e. The van der Waals surface area contributed by atoms with Crippen LogP contribution in [0, 0.1) is 0 Å². The molecule has 0 radical (unpaired) electrons. The summed E-state index contributed by atoms with van der Waals surface area (Å²) in [7, 11) is 0. The molecule has 8 nitrogen and oxygen atoms in total. The summed E-state index contributed by atoms with van der Waals surface area (Å²) in [6.07, 6.45) is -0.950. The molecule has 3 unspecified atom stereocenters. The molecule has 3 atom stereocenters. The maximum absolute atomic E-state index is 11.7. The van der Waals surface area contributed by atoms with Gasteiger partial charge in [-0.15, -0.1) is 0 Å². The molecule has 1 amide bonds. The summed E-state index contributed by atoms with van der Waals surface area (Å²) in [6, 6.07) is 13.0. The second-order valence-electron chi connectivity index (χ2n) is 7.38. The molecular formula is C22H25ClN2O6. The summed E-state index contributed by atoms with van der Waals surface area (Å²) < 4.78 is 11.5. The van der Waals surface area contributed by atoms with E-state index >= 15 is 0 Å². The molecule has 166 valence electrons. The van der Waals surface area contributed by atoms with Crippen LogP contribution >= 0.6 is 11.6 Å². The van der Waals surface area contributed by atoms with Crippen LogP contribution in [0.2, 0.25) is 5.02 Å². The first-order valence-electron chi connectivity index (χ1n) is 9.88. The number of carbonyl (C=O) groups is 2. The molecule has 9 heteroatoms. The summed E-state index contributed by atoms with van der Waals surface area (Å²) in [5.74, 6) is -0.160. The molecule has 3 N–H and O–H groups in total. The van der Waals surface area contributed by atoms with Crippen molar-refractivity contribution in [3.63, 3.8) is 0 Å². The minimum atomic E-state index is -0.966. The maximum atomic E-state index is 11.7. The Labute approximate surface area is 185 Å². The molecule has 3 rings (SSSR count). The maximum Gasteiger partial charge on any atom is 0.321 e. The molecule has 1 aliphatic heterocycles. The highest BCUT2D eigenvalue weighted by Gasteiger charge is 2.38. The number of hydrogen-bond donors (Lipinski definition) is 3. The van der Waals surface area contributed by atoms with E-state index in [1.165, 1.54) is 6.92 Å². The van der Waals surface area contributed by atoms with Crippen molar-refractivity contribution in [3.05, 3.63) is 53.6 Å². The molecule has 0 aliphatic carbocycles. The summed E-state index contributed by atoms with van der Waals surface area (Å²) in [6.45, 7) is 1.81. The standard InChI is InChI=1S/C22H25ClN2O6/c1-14(26)24-19-4-2-3-5-21(19)30-13-16(27)11-25-12-18(10-20(25)22(28)29)31-17-8-6-15(23)7-9-17/h2-9,16,18,20,27H,10-13H2,1H3,(H,24,26)(H,28,29). The third-order valence-electron chi connectivity index (χ3n) is 4.84. The van der Waals surface area contributed by atoms with Crippen LogP contribution in [0.25, 0.3) is 0 Å². The van der Waals surface area contributed by atoms with Gasteiger partial charge in [0.15, 0.2) is 0 Å². The van der Waals surface area contributed by atoms with Gasteiger partial charge in [-0.25, -0.2) is 0 Å². The van der Waals surface area contributed by atoms with Gasteiger partial charge >= 0.3 is 5.97 Å². The predicted molar refractivity (Wildman–Crippen MR) is 116 cm³/mol. The third kappa shape index (κ3) is 6.58. The predicted octanol–water partition coefficient (Wildman–Crippen LogP) is 2.64. The van der Waals surface area contributed by atoms with E-state index in [0.29, 0.717) is 35.2 Å². The van der Waals surface area contributed by atoms with Crippen molar-refractivity contribution in [2.45, 2.75) is 31.6 Å². The van der Waals surface area contributed by atoms with Crippen LogP contribution in [-0.2, 0) is 9.59 Å². The van der Waals surface area contributed by atoms with Crippen molar-refractivity contribution in [1.29, 1.82) is 0 Å². The van der Waals surface area contributed by atoms with Gasteiger partial charge in [0.05, 0.1) is 5.69 Å². The topological polar surface area (TPSA) is 108 Å². The van der Waals surface area contributed by atoms with E-state index in [9.17, 15) is 19.8 Å². The quantitative estimate of drug-likeness (QED) is 0.541. The lowest BCUT2D eigenvalue weighted by Crippen LogP contribution is -2.42. The molecule has 1 heterocycles. The van der Waals surface area contributed by atoms with E-state index in [4.69, 9.17) is 21.1 Å².